The number of hydrogen-bond acceptors (Lipinski definition) is 2. The molecule has 0 aliphatic heterocycles. The van der Waals surface area contributed by atoms with E-state index < -0.39 is 0 Å². The van der Waals surface area contributed by atoms with E-state index in [-0.39, 0.29) is 54.8 Å². The van der Waals surface area contributed by atoms with Gasteiger partial charge in [0.2, 0.25) is 0 Å². The maximum Gasteiger partial charge on any atom is 0.0847 e. The zero-order chi connectivity index (χ0) is 23.0. The van der Waals surface area contributed by atoms with Crippen molar-refractivity contribution < 1.29 is 0 Å². The van der Waals surface area contributed by atoms with Gasteiger partial charge < -0.3 is 0 Å². The first-order valence-electron chi connectivity index (χ1n) is 7.97. The summed E-state index contributed by atoms with van der Waals surface area (Å²) in [7, 11) is 0. The fourth-order valence-electron chi connectivity index (χ4n) is 2.36. The summed E-state index contributed by atoms with van der Waals surface area (Å²) < 4.78 is -0.354. The molecule has 0 aliphatic rings. The smallest absolute Gasteiger partial charge is 0.0847 e. The number of benzene rings is 3. The highest BCUT2D eigenvalue weighted by molar-refractivity contribution is 8.16. The average Bonchev–Trinajstić information content (AvgIpc) is 2.78. The van der Waals surface area contributed by atoms with E-state index in [1.165, 1.54) is 23.5 Å². The molecular formula is C19H6Cl10S2. The van der Waals surface area contributed by atoms with Crippen LogP contribution in [0.3, 0.4) is 0 Å². The lowest BCUT2D eigenvalue weighted by molar-refractivity contribution is 1.33. The van der Waals surface area contributed by atoms with Gasteiger partial charge in [-0.15, -0.1) is 23.5 Å². The first-order chi connectivity index (χ1) is 14.6. The second-order valence-electron chi connectivity index (χ2n) is 5.78. The van der Waals surface area contributed by atoms with Crippen LogP contribution >= 0.6 is 140 Å². The highest BCUT2D eigenvalue weighted by atomic mass is 35.5. The van der Waals surface area contributed by atoms with Crippen LogP contribution in [0, 0.1) is 0 Å². The third kappa shape index (κ3) is 5.58. The number of halogens is 10. The minimum Gasteiger partial charge on any atom is -0.103 e. The summed E-state index contributed by atoms with van der Waals surface area (Å²) in [6.07, 6.45) is 0. The monoisotopic (exact) mass is 648 g/mol. The molecule has 3 rings (SSSR count). The molecule has 0 aromatic heterocycles. The van der Waals surface area contributed by atoms with Crippen LogP contribution in [0.1, 0.15) is 10.1 Å². The number of thioether (sulfide) groups is 2. The van der Waals surface area contributed by atoms with Gasteiger partial charge in [-0.3, -0.25) is 0 Å². The van der Waals surface area contributed by atoms with Gasteiger partial charge in [-0.2, -0.15) is 0 Å². The molecule has 0 nitrogen and oxygen atoms in total. The Balaban J connectivity index is 2.14. The zero-order valence-corrected chi connectivity index (χ0v) is 23.8. The van der Waals surface area contributed by atoms with E-state index in [0.29, 0.717) is 9.79 Å². The molecule has 164 valence electrons. The van der Waals surface area contributed by atoms with Crippen LogP contribution in [0.25, 0.3) is 0 Å². The Morgan fingerprint density at radius 1 is 0.419 bits per heavy atom. The van der Waals surface area contributed by atoms with Crippen molar-refractivity contribution in [2.24, 2.45) is 0 Å². The fraction of sp³-hybridized carbons (Fsp3) is 0.0526. The molecule has 0 amide bonds. The molecule has 0 spiro atoms. The van der Waals surface area contributed by atoms with Crippen molar-refractivity contribution in [1.82, 2.24) is 0 Å². The lowest BCUT2D eigenvalue weighted by Crippen LogP contribution is -1.94. The van der Waals surface area contributed by atoms with Crippen molar-refractivity contribution in [3.63, 3.8) is 0 Å². The Labute approximate surface area is 237 Å². The molecular weight excluding hydrogens is 647 g/mol. The van der Waals surface area contributed by atoms with Gasteiger partial charge in [-0.05, 0) is 5.56 Å². The first kappa shape index (κ1) is 26.9. The molecule has 0 fully saturated rings. The summed E-state index contributed by atoms with van der Waals surface area (Å²) in [5, 5.41) is 1.28. The van der Waals surface area contributed by atoms with E-state index in [0.717, 1.165) is 5.56 Å². The van der Waals surface area contributed by atoms with E-state index in [4.69, 9.17) is 116 Å². The maximum absolute atomic E-state index is 6.44. The quantitative estimate of drug-likeness (QED) is 0.116. The van der Waals surface area contributed by atoms with Crippen molar-refractivity contribution >= 4 is 140 Å². The van der Waals surface area contributed by atoms with Crippen LogP contribution in [0.2, 0.25) is 50.2 Å². The maximum atomic E-state index is 6.44. The summed E-state index contributed by atoms with van der Waals surface area (Å²) >= 11 is 65.5. The number of hydrogen-bond donors (Lipinski definition) is 0. The Bertz CT molecular complexity index is 1020. The predicted octanol–water partition coefficient (Wildman–Crippen LogP) is 12.8. The molecule has 12 heteroatoms. The Kier molecular flexibility index (Phi) is 9.82. The van der Waals surface area contributed by atoms with Crippen molar-refractivity contribution in [3.05, 3.63) is 86.1 Å². The molecule has 0 heterocycles. The van der Waals surface area contributed by atoms with Crippen molar-refractivity contribution in [3.8, 4) is 0 Å². The van der Waals surface area contributed by atoms with Gasteiger partial charge in [0.25, 0.3) is 0 Å². The largest absolute Gasteiger partial charge is 0.103 e. The molecule has 0 saturated carbocycles. The summed E-state index contributed by atoms with van der Waals surface area (Å²) in [5.41, 5.74) is 0.904. The lowest BCUT2D eigenvalue weighted by Gasteiger charge is -2.21. The minimum absolute atomic E-state index is 0.0777. The van der Waals surface area contributed by atoms with Crippen LogP contribution in [0.15, 0.2) is 40.1 Å². The topological polar surface area (TPSA) is 0 Å². The fourth-order valence-corrected chi connectivity index (χ4v) is 8.00. The molecule has 0 bridgehead atoms. The third-order valence-electron chi connectivity index (χ3n) is 3.86. The van der Waals surface area contributed by atoms with Gasteiger partial charge in [0.05, 0.1) is 54.8 Å². The van der Waals surface area contributed by atoms with E-state index in [2.05, 4.69) is 0 Å². The van der Waals surface area contributed by atoms with E-state index in [1.807, 2.05) is 30.3 Å². The molecule has 0 atom stereocenters. The van der Waals surface area contributed by atoms with E-state index >= 15 is 0 Å². The van der Waals surface area contributed by atoms with Crippen molar-refractivity contribution in [1.29, 1.82) is 0 Å². The predicted molar refractivity (Wildman–Crippen MR) is 144 cm³/mol. The van der Waals surface area contributed by atoms with Crippen molar-refractivity contribution in [2.45, 2.75) is 14.4 Å². The van der Waals surface area contributed by atoms with Gasteiger partial charge >= 0.3 is 0 Å². The molecule has 0 aliphatic carbocycles. The van der Waals surface area contributed by atoms with Gasteiger partial charge in [-0.25, -0.2) is 0 Å². The van der Waals surface area contributed by atoms with Crippen molar-refractivity contribution in [2.75, 3.05) is 0 Å². The molecule has 31 heavy (non-hydrogen) atoms. The van der Waals surface area contributed by atoms with Crippen LogP contribution in [0.4, 0.5) is 0 Å². The zero-order valence-electron chi connectivity index (χ0n) is 14.6. The molecule has 0 N–H and O–H groups in total. The first-order valence-corrected chi connectivity index (χ1v) is 13.5. The summed E-state index contributed by atoms with van der Waals surface area (Å²) in [6.45, 7) is 0. The van der Waals surface area contributed by atoms with Gasteiger partial charge in [-0.1, -0.05) is 146 Å². The van der Waals surface area contributed by atoms with Crippen LogP contribution in [0.5, 0.6) is 0 Å². The Hall–Kier alpha value is 1.26. The van der Waals surface area contributed by atoms with Crippen LogP contribution < -0.4 is 0 Å². The molecule has 0 saturated heterocycles. The summed E-state index contributed by atoms with van der Waals surface area (Å²) in [5.74, 6) is 0. The van der Waals surface area contributed by atoms with Gasteiger partial charge in [0.1, 0.15) is 0 Å². The second-order valence-corrected chi connectivity index (χ2v) is 12.1. The van der Waals surface area contributed by atoms with Crippen LogP contribution in [-0.2, 0) is 0 Å². The standard InChI is InChI=1S/C19H6Cl10S2/c20-7-9(22)13(26)17(14(27)10(7)23)30-19(6-4-2-1-3-5-6)31-18-15(28)11(24)8(21)12(25)16(18)29/h1-5,19H. The highest BCUT2D eigenvalue weighted by Gasteiger charge is 2.27. The van der Waals surface area contributed by atoms with Gasteiger partial charge in [0, 0.05) is 9.79 Å². The number of rotatable bonds is 5. The second kappa shape index (κ2) is 11.3. The van der Waals surface area contributed by atoms with E-state index in [1.54, 1.807) is 0 Å². The van der Waals surface area contributed by atoms with E-state index in [9.17, 15) is 0 Å². The third-order valence-corrected chi connectivity index (χ3v) is 11.7. The molecule has 0 radical (unpaired) electrons. The summed E-state index contributed by atoms with van der Waals surface area (Å²) in [4.78, 5) is 0.893. The molecule has 3 aromatic carbocycles. The molecule has 3 aromatic rings. The van der Waals surface area contributed by atoms with Gasteiger partial charge in [0.15, 0.2) is 0 Å². The highest BCUT2D eigenvalue weighted by Crippen LogP contribution is 2.58. The Morgan fingerprint density at radius 3 is 1.03 bits per heavy atom. The molecule has 0 unspecified atom stereocenters. The normalized spacial score (nSPS) is 11.5. The summed E-state index contributed by atoms with van der Waals surface area (Å²) in [6, 6.07) is 9.51. The minimum atomic E-state index is -0.354. The Morgan fingerprint density at radius 2 is 0.710 bits per heavy atom. The lowest BCUT2D eigenvalue weighted by atomic mass is 10.2. The van der Waals surface area contributed by atoms with Crippen LogP contribution in [-0.4, -0.2) is 0 Å². The average molecular weight is 653 g/mol. The SMILES string of the molecule is Clc1c(Cl)c(Cl)c(SC(Sc2c(Cl)c(Cl)c(Cl)c(Cl)c2Cl)c2ccccc2)c(Cl)c1Cl.